The molecule has 0 saturated carbocycles. The Balaban J connectivity index is 2.00. The summed E-state index contributed by atoms with van der Waals surface area (Å²) >= 11 is 5.69. The molecule has 0 bridgehead atoms. The average Bonchev–Trinajstić information content (AvgIpc) is 2.75. The smallest absolute Gasteiger partial charge is 0.147 e. The maximum absolute atomic E-state index is 13.5. The Morgan fingerprint density at radius 1 is 1.41 bits per heavy atom. The molecule has 0 aliphatic heterocycles. The lowest BCUT2D eigenvalue weighted by Gasteiger charge is -2.14. The van der Waals surface area contributed by atoms with Gasteiger partial charge in [0, 0.05) is 17.5 Å². The minimum absolute atomic E-state index is 0.0804. The third-order valence-electron chi connectivity index (χ3n) is 2.42. The van der Waals surface area contributed by atoms with E-state index in [2.05, 4.69) is 5.32 Å². The molecule has 0 spiro atoms. The van der Waals surface area contributed by atoms with E-state index < -0.39 is 0 Å². The van der Waals surface area contributed by atoms with Crippen LogP contribution in [0.25, 0.3) is 0 Å². The van der Waals surface area contributed by atoms with Crippen LogP contribution >= 0.6 is 11.6 Å². The van der Waals surface area contributed by atoms with Crippen LogP contribution in [0.2, 0.25) is 5.02 Å². The van der Waals surface area contributed by atoms with E-state index in [0.717, 1.165) is 5.76 Å². The van der Waals surface area contributed by atoms with Gasteiger partial charge >= 0.3 is 0 Å². The van der Waals surface area contributed by atoms with Gasteiger partial charge in [0.25, 0.3) is 0 Å². The zero-order valence-electron chi connectivity index (χ0n) is 9.41. The van der Waals surface area contributed by atoms with Gasteiger partial charge in [0.05, 0.1) is 12.0 Å². The van der Waals surface area contributed by atoms with Gasteiger partial charge in [-0.05, 0) is 37.3 Å². The number of rotatable bonds is 4. The molecule has 0 amide bonds. The normalized spacial score (nSPS) is 12.4. The van der Waals surface area contributed by atoms with Crippen LogP contribution in [0.5, 0.6) is 0 Å². The Labute approximate surface area is 104 Å². The highest BCUT2D eigenvalue weighted by molar-refractivity contribution is 6.30. The molecule has 2 rings (SSSR count). The Morgan fingerprint density at radius 2 is 2.24 bits per heavy atom. The number of anilines is 1. The van der Waals surface area contributed by atoms with Gasteiger partial charge in [-0.1, -0.05) is 11.6 Å². The van der Waals surface area contributed by atoms with Gasteiger partial charge in [-0.2, -0.15) is 0 Å². The highest BCUT2D eigenvalue weighted by Gasteiger charge is 2.08. The van der Waals surface area contributed by atoms with Crippen LogP contribution in [-0.2, 0) is 6.42 Å². The first-order valence-corrected chi connectivity index (χ1v) is 5.77. The molecule has 1 atom stereocenters. The lowest BCUT2D eigenvalue weighted by Crippen LogP contribution is -2.18. The molecule has 90 valence electrons. The Bertz CT molecular complexity index is 484. The second-order valence-electron chi connectivity index (χ2n) is 3.95. The van der Waals surface area contributed by atoms with Crippen molar-refractivity contribution in [3.8, 4) is 0 Å². The molecule has 17 heavy (non-hydrogen) atoms. The van der Waals surface area contributed by atoms with E-state index in [1.807, 2.05) is 19.1 Å². The summed E-state index contributed by atoms with van der Waals surface area (Å²) in [4.78, 5) is 0. The lowest BCUT2D eigenvalue weighted by atomic mass is 10.2. The molecule has 1 N–H and O–H groups in total. The van der Waals surface area contributed by atoms with Gasteiger partial charge in [0.1, 0.15) is 11.6 Å². The molecule has 2 nitrogen and oxygen atoms in total. The molecule has 0 aliphatic carbocycles. The zero-order chi connectivity index (χ0) is 12.3. The number of nitrogens with one attached hydrogen (secondary N) is 1. The van der Waals surface area contributed by atoms with Gasteiger partial charge in [0.2, 0.25) is 0 Å². The van der Waals surface area contributed by atoms with E-state index in [1.165, 1.54) is 6.07 Å². The van der Waals surface area contributed by atoms with Crippen molar-refractivity contribution in [3.05, 3.63) is 53.2 Å². The molecular weight excluding hydrogens is 241 g/mol. The maximum atomic E-state index is 13.5. The summed E-state index contributed by atoms with van der Waals surface area (Å²) in [6.07, 6.45) is 2.33. The van der Waals surface area contributed by atoms with Crippen LogP contribution < -0.4 is 5.32 Å². The third kappa shape index (κ3) is 3.24. The molecule has 1 unspecified atom stereocenters. The first kappa shape index (κ1) is 12.0. The van der Waals surface area contributed by atoms with Crippen LogP contribution in [-0.4, -0.2) is 6.04 Å². The first-order chi connectivity index (χ1) is 8.15. The Morgan fingerprint density at radius 3 is 2.88 bits per heavy atom. The minimum atomic E-state index is -0.344. The van der Waals surface area contributed by atoms with Crippen molar-refractivity contribution >= 4 is 17.3 Å². The van der Waals surface area contributed by atoms with Crippen molar-refractivity contribution in [2.45, 2.75) is 19.4 Å². The van der Waals surface area contributed by atoms with E-state index in [0.29, 0.717) is 17.1 Å². The molecule has 0 aliphatic rings. The highest BCUT2D eigenvalue weighted by Crippen LogP contribution is 2.20. The Hall–Kier alpha value is -1.48. The van der Waals surface area contributed by atoms with Crippen LogP contribution in [0.3, 0.4) is 0 Å². The lowest BCUT2D eigenvalue weighted by molar-refractivity contribution is 0.497. The van der Waals surface area contributed by atoms with E-state index in [4.69, 9.17) is 16.0 Å². The van der Waals surface area contributed by atoms with Crippen molar-refractivity contribution in [2.75, 3.05) is 5.32 Å². The molecule has 1 aromatic heterocycles. The first-order valence-electron chi connectivity index (χ1n) is 5.39. The minimum Gasteiger partial charge on any atom is -0.469 e. The van der Waals surface area contributed by atoms with E-state index >= 15 is 0 Å². The van der Waals surface area contributed by atoms with E-state index in [1.54, 1.807) is 18.4 Å². The summed E-state index contributed by atoms with van der Waals surface area (Å²) in [5.41, 5.74) is 0.452. The molecule has 0 radical (unpaired) electrons. The fraction of sp³-hybridized carbons (Fsp3) is 0.231. The second kappa shape index (κ2) is 5.23. The van der Waals surface area contributed by atoms with Crippen LogP contribution in [0.1, 0.15) is 12.7 Å². The quantitative estimate of drug-likeness (QED) is 0.887. The molecule has 2 aromatic rings. The van der Waals surface area contributed by atoms with Crippen molar-refractivity contribution in [1.82, 2.24) is 0 Å². The standard InChI is InChI=1S/C13H13ClFNO/c1-9(7-11-3-2-6-17-11)16-13-5-4-10(14)8-12(13)15/h2-6,8-9,16H,7H2,1H3. The van der Waals surface area contributed by atoms with Gasteiger partial charge in [0.15, 0.2) is 0 Å². The Kier molecular flexibility index (Phi) is 3.69. The molecular formula is C13H13ClFNO. The third-order valence-corrected chi connectivity index (χ3v) is 2.66. The van der Waals surface area contributed by atoms with E-state index in [-0.39, 0.29) is 11.9 Å². The molecule has 0 saturated heterocycles. The SMILES string of the molecule is CC(Cc1ccco1)Nc1ccc(Cl)cc1F. The maximum Gasteiger partial charge on any atom is 0.147 e. The number of halogens is 2. The molecule has 1 heterocycles. The summed E-state index contributed by atoms with van der Waals surface area (Å²) in [5, 5.41) is 3.48. The van der Waals surface area contributed by atoms with E-state index in [9.17, 15) is 4.39 Å². The van der Waals surface area contributed by atoms with Crippen molar-refractivity contribution < 1.29 is 8.81 Å². The molecule has 1 aromatic carbocycles. The summed E-state index contributed by atoms with van der Waals surface area (Å²) in [5.74, 6) is 0.531. The van der Waals surface area contributed by atoms with Crippen molar-refractivity contribution in [3.63, 3.8) is 0 Å². The number of benzene rings is 1. The highest BCUT2D eigenvalue weighted by atomic mass is 35.5. The van der Waals surface area contributed by atoms with Gasteiger partial charge in [-0.25, -0.2) is 4.39 Å². The second-order valence-corrected chi connectivity index (χ2v) is 4.39. The van der Waals surface area contributed by atoms with Gasteiger partial charge in [-0.15, -0.1) is 0 Å². The zero-order valence-corrected chi connectivity index (χ0v) is 10.2. The van der Waals surface area contributed by atoms with Crippen molar-refractivity contribution in [1.29, 1.82) is 0 Å². The van der Waals surface area contributed by atoms with Gasteiger partial charge < -0.3 is 9.73 Å². The van der Waals surface area contributed by atoms with Crippen LogP contribution in [0.15, 0.2) is 41.0 Å². The fourth-order valence-corrected chi connectivity index (χ4v) is 1.81. The molecule has 0 fully saturated rings. The topological polar surface area (TPSA) is 25.2 Å². The average molecular weight is 254 g/mol. The predicted octanol–water partition coefficient (Wildman–Crippen LogP) is 4.12. The largest absolute Gasteiger partial charge is 0.469 e. The fourth-order valence-electron chi connectivity index (χ4n) is 1.65. The summed E-state index contributed by atoms with van der Waals surface area (Å²) in [7, 11) is 0. The van der Waals surface area contributed by atoms with Crippen LogP contribution in [0, 0.1) is 5.82 Å². The summed E-state index contributed by atoms with van der Waals surface area (Å²) in [6.45, 7) is 1.97. The number of furan rings is 1. The van der Waals surface area contributed by atoms with Crippen molar-refractivity contribution in [2.24, 2.45) is 0 Å². The molecule has 4 heteroatoms. The summed E-state index contributed by atoms with van der Waals surface area (Å²) < 4.78 is 18.8. The predicted molar refractivity (Wildman–Crippen MR) is 66.9 cm³/mol. The van der Waals surface area contributed by atoms with Crippen LogP contribution in [0.4, 0.5) is 10.1 Å². The number of hydrogen-bond acceptors (Lipinski definition) is 2. The monoisotopic (exact) mass is 253 g/mol. The number of hydrogen-bond donors (Lipinski definition) is 1. The summed E-state index contributed by atoms with van der Waals surface area (Å²) in [6, 6.07) is 8.41. The van der Waals surface area contributed by atoms with Gasteiger partial charge in [-0.3, -0.25) is 0 Å².